The summed E-state index contributed by atoms with van der Waals surface area (Å²) in [6, 6.07) is 18.4. The predicted octanol–water partition coefficient (Wildman–Crippen LogP) is 2.52. The summed E-state index contributed by atoms with van der Waals surface area (Å²) in [4.78, 5) is 16.8. The third kappa shape index (κ3) is 3.55. The van der Waals surface area contributed by atoms with Crippen LogP contribution in [0.3, 0.4) is 0 Å². The molecule has 0 radical (unpaired) electrons. The Kier molecular flexibility index (Phi) is 4.46. The van der Waals surface area contributed by atoms with Crippen LogP contribution in [0.4, 0.5) is 10.5 Å². The average Bonchev–Trinajstić information content (AvgIpc) is 2.69. The van der Waals surface area contributed by atoms with E-state index in [1.807, 2.05) is 29.2 Å². The molecule has 2 amide bonds. The van der Waals surface area contributed by atoms with Gasteiger partial charge < -0.3 is 19.9 Å². The van der Waals surface area contributed by atoms with Gasteiger partial charge in [0.05, 0.1) is 6.04 Å². The zero-order valence-electron chi connectivity index (χ0n) is 14.2. The highest BCUT2D eigenvalue weighted by Gasteiger charge is 2.25. The van der Waals surface area contributed by atoms with Crippen LogP contribution in [-0.2, 0) is 6.42 Å². The average molecular weight is 337 g/mol. The van der Waals surface area contributed by atoms with E-state index in [4.69, 9.17) is 4.74 Å². The summed E-state index contributed by atoms with van der Waals surface area (Å²) < 4.78 is 5.76. The van der Waals surface area contributed by atoms with Crippen molar-refractivity contribution in [3.8, 4) is 5.75 Å². The van der Waals surface area contributed by atoms with Gasteiger partial charge in [-0.15, -0.1) is 0 Å². The van der Waals surface area contributed by atoms with Crippen LogP contribution in [0.2, 0.25) is 0 Å². The summed E-state index contributed by atoms with van der Waals surface area (Å²) in [6.45, 7) is 3.74. The highest BCUT2D eigenvalue weighted by molar-refractivity contribution is 5.75. The number of benzene rings is 2. The minimum atomic E-state index is 0.0145. The Morgan fingerprint density at radius 2 is 1.68 bits per heavy atom. The van der Waals surface area contributed by atoms with Gasteiger partial charge in [0.1, 0.15) is 12.4 Å². The van der Waals surface area contributed by atoms with Gasteiger partial charge >= 0.3 is 6.03 Å². The molecular formula is C20H23N3O2. The van der Waals surface area contributed by atoms with E-state index in [2.05, 4.69) is 40.5 Å². The zero-order chi connectivity index (χ0) is 17.1. The summed E-state index contributed by atoms with van der Waals surface area (Å²) in [6.07, 6.45) is 0.825. The molecule has 0 saturated carbocycles. The molecule has 2 aliphatic heterocycles. The van der Waals surface area contributed by atoms with Crippen LogP contribution in [0.25, 0.3) is 0 Å². The van der Waals surface area contributed by atoms with E-state index in [0.717, 1.165) is 43.9 Å². The van der Waals surface area contributed by atoms with Crippen molar-refractivity contribution in [2.75, 3.05) is 37.7 Å². The Bertz CT molecular complexity index is 727. The lowest BCUT2D eigenvalue weighted by atomic mass is 10.0. The molecule has 1 N–H and O–H groups in total. The Hall–Kier alpha value is -2.69. The van der Waals surface area contributed by atoms with Gasteiger partial charge in [-0.05, 0) is 30.2 Å². The fraction of sp³-hybridized carbons (Fsp3) is 0.350. The first kappa shape index (κ1) is 15.8. The number of urea groups is 1. The Morgan fingerprint density at radius 1 is 0.960 bits per heavy atom. The molecule has 0 aromatic heterocycles. The number of rotatable bonds is 2. The number of ether oxygens (including phenoxy) is 1. The van der Waals surface area contributed by atoms with Crippen LogP contribution in [0.5, 0.6) is 5.75 Å². The van der Waals surface area contributed by atoms with Gasteiger partial charge in [-0.1, -0.05) is 36.4 Å². The summed E-state index contributed by atoms with van der Waals surface area (Å²) in [5, 5.41) is 3.13. The first-order valence-corrected chi connectivity index (χ1v) is 8.86. The standard InChI is InChI=1S/C20H23N3O2/c24-20(21-17-14-16-6-4-5-9-19(16)25-15-17)23-12-10-22(11-13-23)18-7-2-1-3-8-18/h1-9,17H,10-15H2,(H,21,24). The number of piperazine rings is 1. The second kappa shape index (κ2) is 7.05. The van der Waals surface area contributed by atoms with Gasteiger partial charge in [-0.25, -0.2) is 4.79 Å². The number of para-hydroxylation sites is 2. The zero-order valence-corrected chi connectivity index (χ0v) is 14.2. The monoisotopic (exact) mass is 337 g/mol. The Balaban J connectivity index is 1.30. The molecule has 1 atom stereocenters. The SMILES string of the molecule is O=C(NC1COc2ccccc2C1)N1CCN(c2ccccc2)CC1. The molecule has 2 heterocycles. The second-order valence-corrected chi connectivity index (χ2v) is 6.58. The van der Waals surface area contributed by atoms with Crippen molar-refractivity contribution in [1.29, 1.82) is 0 Å². The molecular weight excluding hydrogens is 314 g/mol. The first-order valence-electron chi connectivity index (χ1n) is 8.86. The third-order valence-electron chi connectivity index (χ3n) is 4.89. The van der Waals surface area contributed by atoms with Gasteiger partial charge in [0.15, 0.2) is 0 Å². The molecule has 2 aliphatic rings. The van der Waals surface area contributed by atoms with Crippen molar-refractivity contribution in [1.82, 2.24) is 10.2 Å². The molecule has 5 nitrogen and oxygen atoms in total. The Morgan fingerprint density at radius 3 is 2.48 bits per heavy atom. The molecule has 1 saturated heterocycles. The predicted molar refractivity (Wildman–Crippen MR) is 98.2 cm³/mol. The number of carbonyl (C=O) groups is 1. The molecule has 130 valence electrons. The summed E-state index contributed by atoms with van der Waals surface area (Å²) in [5.74, 6) is 0.935. The fourth-order valence-corrected chi connectivity index (χ4v) is 3.49. The van der Waals surface area contributed by atoms with Crippen molar-refractivity contribution >= 4 is 11.7 Å². The van der Waals surface area contributed by atoms with Crippen LogP contribution in [0.15, 0.2) is 54.6 Å². The van der Waals surface area contributed by atoms with E-state index in [1.54, 1.807) is 0 Å². The molecule has 0 spiro atoms. The fourth-order valence-electron chi connectivity index (χ4n) is 3.49. The number of carbonyl (C=O) groups excluding carboxylic acids is 1. The molecule has 0 aliphatic carbocycles. The first-order chi connectivity index (χ1) is 12.3. The van der Waals surface area contributed by atoms with Crippen LogP contribution in [0, 0.1) is 0 Å². The highest BCUT2D eigenvalue weighted by Crippen LogP contribution is 2.24. The maximum Gasteiger partial charge on any atom is 0.317 e. The van der Waals surface area contributed by atoms with Crippen LogP contribution in [-0.4, -0.2) is 49.8 Å². The van der Waals surface area contributed by atoms with Crippen molar-refractivity contribution in [3.63, 3.8) is 0 Å². The molecule has 1 unspecified atom stereocenters. The number of anilines is 1. The smallest absolute Gasteiger partial charge is 0.317 e. The minimum absolute atomic E-state index is 0.0145. The lowest BCUT2D eigenvalue weighted by Crippen LogP contribution is -2.55. The molecule has 0 bridgehead atoms. The summed E-state index contributed by atoms with van der Waals surface area (Å²) in [7, 11) is 0. The molecule has 5 heteroatoms. The van der Waals surface area contributed by atoms with Gasteiger partial charge in [-0.2, -0.15) is 0 Å². The number of nitrogens with zero attached hydrogens (tertiary/aromatic N) is 2. The third-order valence-corrected chi connectivity index (χ3v) is 4.89. The van der Waals surface area contributed by atoms with E-state index in [1.165, 1.54) is 5.69 Å². The van der Waals surface area contributed by atoms with Crippen LogP contribution in [0.1, 0.15) is 5.56 Å². The number of hydrogen-bond donors (Lipinski definition) is 1. The Labute approximate surface area is 148 Å². The van der Waals surface area contributed by atoms with Gasteiger partial charge in [-0.3, -0.25) is 0 Å². The summed E-state index contributed by atoms with van der Waals surface area (Å²) >= 11 is 0. The second-order valence-electron chi connectivity index (χ2n) is 6.58. The molecule has 1 fully saturated rings. The molecule has 4 rings (SSSR count). The maximum atomic E-state index is 12.6. The van der Waals surface area contributed by atoms with E-state index in [0.29, 0.717) is 6.61 Å². The largest absolute Gasteiger partial charge is 0.491 e. The quantitative estimate of drug-likeness (QED) is 0.916. The summed E-state index contributed by atoms with van der Waals surface area (Å²) in [5.41, 5.74) is 2.38. The van der Waals surface area contributed by atoms with E-state index in [9.17, 15) is 4.79 Å². The molecule has 2 aromatic carbocycles. The normalized spacial score (nSPS) is 19.8. The number of hydrogen-bond acceptors (Lipinski definition) is 3. The van der Waals surface area contributed by atoms with Crippen molar-refractivity contribution < 1.29 is 9.53 Å². The van der Waals surface area contributed by atoms with E-state index >= 15 is 0 Å². The van der Waals surface area contributed by atoms with Gasteiger partial charge in [0.2, 0.25) is 0 Å². The molecule has 25 heavy (non-hydrogen) atoms. The van der Waals surface area contributed by atoms with E-state index in [-0.39, 0.29) is 12.1 Å². The van der Waals surface area contributed by atoms with Crippen LogP contribution >= 0.6 is 0 Å². The minimum Gasteiger partial charge on any atom is -0.491 e. The maximum absolute atomic E-state index is 12.6. The number of nitrogens with one attached hydrogen (secondary N) is 1. The number of fused-ring (bicyclic) bond motifs is 1. The molecule has 2 aromatic rings. The lowest BCUT2D eigenvalue weighted by molar-refractivity contribution is 0.178. The van der Waals surface area contributed by atoms with Crippen molar-refractivity contribution in [2.24, 2.45) is 0 Å². The van der Waals surface area contributed by atoms with Gasteiger partial charge in [0.25, 0.3) is 0 Å². The lowest BCUT2D eigenvalue weighted by Gasteiger charge is -2.37. The van der Waals surface area contributed by atoms with Crippen LogP contribution < -0.4 is 15.0 Å². The van der Waals surface area contributed by atoms with Gasteiger partial charge in [0, 0.05) is 31.9 Å². The topological polar surface area (TPSA) is 44.8 Å². The van der Waals surface area contributed by atoms with E-state index < -0.39 is 0 Å². The van der Waals surface area contributed by atoms with Crippen molar-refractivity contribution in [2.45, 2.75) is 12.5 Å². The number of amides is 2. The van der Waals surface area contributed by atoms with Crippen molar-refractivity contribution in [3.05, 3.63) is 60.2 Å². The highest BCUT2D eigenvalue weighted by atomic mass is 16.5.